The maximum Gasteiger partial charge on any atom is 0.0400 e. The zero-order valence-electron chi connectivity index (χ0n) is 7.15. The Morgan fingerprint density at radius 3 is 2.82 bits per heavy atom. The van der Waals surface area contributed by atoms with Crippen LogP contribution < -0.4 is 0 Å². The fraction of sp³-hybridized carbons (Fsp3) is 0.556. The largest absolute Gasteiger partial charge is 0.309 e. The van der Waals surface area contributed by atoms with Crippen LogP contribution in [0.1, 0.15) is 26.2 Å². The second-order valence-corrected chi connectivity index (χ2v) is 2.99. The topological polar surface area (TPSA) is 36.2 Å². The molecule has 0 heterocycles. The minimum absolute atomic E-state index is 0.744. The SMILES string of the molecule is CN=C1C=C(C)CCC(=N)C1. The highest BCUT2D eigenvalue weighted by molar-refractivity contribution is 6.09. The van der Waals surface area contributed by atoms with Crippen LogP contribution in [0.3, 0.4) is 0 Å². The van der Waals surface area contributed by atoms with E-state index < -0.39 is 0 Å². The molecule has 0 atom stereocenters. The molecule has 60 valence electrons. The minimum atomic E-state index is 0.744. The molecule has 0 radical (unpaired) electrons. The number of rotatable bonds is 0. The second-order valence-electron chi connectivity index (χ2n) is 2.99. The van der Waals surface area contributed by atoms with E-state index in [0.717, 1.165) is 30.7 Å². The van der Waals surface area contributed by atoms with Crippen molar-refractivity contribution in [2.75, 3.05) is 7.05 Å². The van der Waals surface area contributed by atoms with E-state index in [4.69, 9.17) is 5.41 Å². The van der Waals surface area contributed by atoms with Gasteiger partial charge >= 0.3 is 0 Å². The molecule has 0 aliphatic heterocycles. The van der Waals surface area contributed by atoms with Crippen LogP contribution in [0.2, 0.25) is 0 Å². The van der Waals surface area contributed by atoms with E-state index in [0.29, 0.717) is 0 Å². The van der Waals surface area contributed by atoms with Gasteiger partial charge in [0.25, 0.3) is 0 Å². The predicted molar refractivity (Wildman–Crippen MR) is 48.7 cm³/mol. The lowest BCUT2D eigenvalue weighted by atomic mass is 10.1. The van der Waals surface area contributed by atoms with E-state index in [9.17, 15) is 0 Å². The lowest BCUT2D eigenvalue weighted by Gasteiger charge is -1.96. The maximum absolute atomic E-state index is 7.54. The van der Waals surface area contributed by atoms with Crippen LogP contribution in [0.15, 0.2) is 16.6 Å². The summed E-state index contributed by atoms with van der Waals surface area (Å²) in [5.41, 5.74) is 3.19. The molecule has 0 aromatic rings. The Morgan fingerprint density at radius 2 is 2.18 bits per heavy atom. The number of nitrogens with zero attached hydrogens (tertiary/aromatic N) is 1. The van der Waals surface area contributed by atoms with Gasteiger partial charge in [-0.1, -0.05) is 5.57 Å². The fourth-order valence-corrected chi connectivity index (χ4v) is 1.21. The van der Waals surface area contributed by atoms with E-state index in [1.54, 1.807) is 7.05 Å². The third kappa shape index (κ3) is 2.30. The molecule has 0 amide bonds. The summed E-state index contributed by atoms with van der Waals surface area (Å²) in [7, 11) is 1.79. The summed E-state index contributed by atoms with van der Waals surface area (Å²) in [5.74, 6) is 0. The Labute approximate surface area is 67.5 Å². The van der Waals surface area contributed by atoms with Crippen LogP contribution in [0.25, 0.3) is 0 Å². The number of aliphatic imine (C=N–C) groups is 1. The Hall–Kier alpha value is -0.920. The van der Waals surface area contributed by atoms with E-state index in [-0.39, 0.29) is 0 Å². The zero-order chi connectivity index (χ0) is 8.27. The highest BCUT2D eigenvalue weighted by atomic mass is 14.7. The summed E-state index contributed by atoms with van der Waals surface area (Å²) >= 11 is 0. The average Bonchev–Trinajstić information content (AvgIpc) is 2.13. The predicted octanol–water partition coefficient (Wildman–Crippen LogP) is 2.21. The van der Waals surface area contributed by atoms with Crippen molar-refractivity contribution < 1.29 is 0 Å². The molecule has 0 aromatic carbocycles. The lowest BCUT2D eigenvalue weighted by Crippen LogP contribution is -2.01. The van der Waals surface area contributed by atoms with Crippen molar-refractivity contribution in [2.45, 2.75) is 26.2 Å². The van der Waals surface area contributed by atoms with Gasteiger partial charge in [-0.25, -0.2) is 0 Å². The van der Waals surface area contributed by atoms with Crippen LogP contribution in [0.4, 0.5) is 0 Å². The molecular weight excluding hydrogens is 136 g/mol. The molecule has 0 bridgehead atoms. The molecule has 0 spiro atoms. The van der Waals surface area contributed by atoms with Gasteiger partial charge in [0.15, 0.2) is 0 Å². The molecule has 1 N–H and O–H groups in total. The number of nitrogens with one attached hydrogen (secondary N) is 1. The van der Waals surface area contributed by atoms with Crippen molar-refractivity contribution in [3.8, 4) is 0 Å². The molecule has 1 aliphatic carbocycles. The van der Waals surface area contributed by atoms with E-state index in [1.165, 1.54) is 5.57 Å². The monoisotopic (exact) mass is 150 g/mol. The Bertz CT molecular complexity index is 224. The van der Waals surface area contributed by atoms with Crippen molar-refractivity contribution in [3.05, 3.63) is 11.6 Å². The van der Waals surface area contributed by atoms with Crippen molar-refractivity contribution in [1.82, 2.24) is 0 Å². The summed E-state index contributed by atoms with van der Waals surface area (Å²) in [5, 5.41) is 7.54. The standard InChI is InChI=1S/C9H14N2/c1-7-3-4-8(10)6-9(5-7)11-2/h5,10H,3-4,6H2,1-2H3. The Balaban J connectivity index is 2.79. The first-order valence-corrected chi connectivity index (χ1v) is 3.91. The molecule has 0 unspecified atom stereocenters. The summed E-state index contributed by atoms with van der Waals surface area (Å²) in [4.78, 5) is 4.11. The average molecular weight is 150 g/mol. The minimum Gasteiger partial charge on any atom is -0.309 e. The maximum atomic E-state index is 7.54. The molecule has 0 saturated heterocycles. The van der Waals surface area contributed by atoms with Gasteiger partial charge in [0.05, 0.1) is 0 Å². The molecule has 0 fully saturated rings. The molecule has 1 aliphatic rings. The smallest absolute Gasteiger partial charge is 0.0400 e. The number of hydrogen-bond donors (Lipinski definition) is 1. The normalized spacial score (nSPS) is 23.3. The van der Waals surface area contributed by atoms with Gasteiger partial charge in [-0.3, -0.25) is 4.99 Å². The number of hydrogen-bond acceptors (Lipinski definition) is 2. The first kappa shape index (κ1) is 8.18. The molecule has 2 heteroatoms. The molecule has 11 heavy (non-hydrogen) atoms. The Morgan fingerprint density at radius 1 is 1.45 bits per heavy atom. The van der Waals surface area contributed by atoms with Crippen molar-refractivity contribution in [3.63, 3.8) is 0 Å². The van der Waals surface area contributed by atoms with Crippen LogP contribution in [0.5, 0.6) is 0 Å². The van der Waals surface area contributed by atoms with Gasteiger partial charge in [0.1, 0.15) is 0 Å². The van der Waals surface area contributed by atoms with Gasteiger partial charge < -0.3 is 5.41 Å². The third-order valence-corrected chi connectivity index (χ3v) is 1.92. The van der Waals surface area contributed by atoms with Gasteiger partial charge in [0.2, 0.25) is 0 Å². The highest BCUT2D eigenvalue weighted by Crippen LogP contribution is 2.12. The van der Waals surface area contributed by atoms with E-state index >= 15 is 0 Å². The van der Waals surface area contributed by atoms with Crippen LogP contribution >= 0.6 is 0 Å². The van der Waals surface area contributed by atoms with Crippen LogP contribution in [-0.4, -0.2) is 18.5 Å². The molecule has 0 saturated carbocycles. The van der Waals surface area contributed by atoms with Crippen LogP contribution in [0, 0.1) is 5.41 Å². The lowest BCUT2D eigenvalue weighted by molar-refractivity contribution is 1.00. The summed E-state index contributed by atoms with van der Waals surface area (Å²) in [6, 6.07) is 0. The van der Waals surface area contributed by atoms with Gasteiger partial charge in [0, 0.05) is 24.9 Å². The summed E-state index contributed by atoms with van der Waals surface area (Å²) < 4.78 is 0. The first-order chi connectivity index (χ1) is 5.22. The van der Waals surface area contributed by atoms with E-state index in [1.807, 2.05) is 0 Å². The first-order valence-electron chi connectivity index (χ1n) is 3.91. The van der Waals surface area contributed by atoms with Crippen molar-refractivity contribution in [1.29, 1.82) is 5.41 Å². The highest BCUT2D eigenvalue weighted by Gasteiger charge is 2.07. The zero-order valence-corrected chi connectivity index (χ0v) is 7.15. The van der Waals surface area contributed by atoms with Gasteiger partial charge in [-0.2, -0.15) is 0 Å². The molecule has 1 rings (SSSR count). The molecular formula is C9H14N2. The summed E-state index contributed by atoms with van der Waals surface area (Å²) in [6.07, 6.45) is 4.77. The molecule has 0 aromatic heterocycles. The van der Waals surface area contributed by atoms with Gasteiger partial charge in [-0.05, 0) is 25.8 Å². The van der Waals surface area contributed by atoms with Crippen molar-refractivity contribution in [2.24, 2.45) is 4.99 Å². The van der Waals surface area contributed by atoms with E-state index in [2.05, 4.69) is 18.0 Å². The van der Waals surface area contributed by atoms with Gasteiger partial charge in [-0.15, -0.1) is 0 Å². The Kier molecular flexibility index (Phi) is 2.58. The number of allylic oxidation sites excluding steroid dienone is 2. The van der Waals surface area contributed by atoms with Crippen molar-refractivity contribution >= 4 is 11.4 Å². The quantitative estimate of drug-likeness (QED) is 0.549. The molecule has 2 nitrogen and oxygen atoms in total. The third-order valence-electron chi connectivity index (χ3n) is 1.92. The summed E-state index contributed by atoms with van der Waals surface area (Å²) in [6.45, 7) is 2.10. The van der Waals surface area contributed by atoms with Crippen LogP contribution in [-0.2, 0) is 0 Å². The fourth-order valence-electron chi connectivity index (χ4n) is 1.21. The second kappa shape index (κ2) is 3.46.